The maximum absolute atomic E-state index is 9.60. The molecule has 0 aliphatic rings. The van der Waals surface area contributed by atoms with Crippen molar-refractivity contribution >= 4 is 12.3 Å². The zero-order valence-corrected chi connectivity index (χ0v) is 7.97. The van der Waals surface area contributed by atoms with Crippen LogP contribution in [0.4, 0.5) is 0 Å². The van der Waals surface area contributed by atoms with Crippen molar-refractivity contribution in [3.63, 3.8) is 0 Å². The van der Waals surface area contributed by atoms with E-state index in [1.807, 2.05) is 20.8 Å². The quantitative estimate of drug-likeness (QED) is 0.177. The second-order valence-corrected chi connectivity index (χ2v) is 3.10. The highest BCUT2D eigenvalue weighted by atomic mass is 16.5. The van der Waals surface area contributed by atoms with Crippen molar-refractivity contribution in [1.29, 1.82) is 5.41 Å². The monoisotopic (exact) mass is 175 g/mol. The van der Waals surface area contributed by atoms with E-state index in [9.17, 15) is 4.79 Å². The van der Waals surface area contributed by atoms with Gasteiger partial charge in [0, 0.05) is 0 Å². The minimum Gasteiger partial charge on any atom is -0.462 e. The molecule has 0 rings (SSSR count). The van der Waals surface area contributed by atoms with Crippen molar-refractivity contribution < 1.29 is 9.53 Å². The Morgan fingerprint density at radius 1 is 1.58 bits per heavy atom. The van der Waals surface area contributed by atoms with E-state index < -0.39 is 0 Å². The van der Waals surface area contributed by atoms with Gasteiger partial charge in [0.15, 0.2) is 0 Å². The molecule has 0 bridgehead atoms. The van der Waals surface area contributed by atoms with E-state index in [0.717, 1.165) is 0 Å². The topological polar surface area (TPSA) is 88.2 Å². The number of nitrogens with one attached hydrogen (secondary N) is 2. The summed E-state index contributed by atoms with van der Waals surface area (Å²) in [6.45, 7) is 7.49. The summed E-state index contributed by atoms with van der Waals surface area (Å²) < 4.78 is 4.55. The first-order valence-electron chi connectivity index (χ1n) is 3.46. The van der Waals surface area contributed by atoms with Crippen LogP contribution in [0.3, 0.4) is 0 Å². The van der Waals surface area contributed by atoms with Gasteiger partial charge in [-0.15, -0.1) is 0 Å². The van der Waals surface area contributed by atoms with Crippen molar-refractivity contribution in [3.05, 3.63) is 0 Å². The van der Waals surface area contributed by atoms with Crippen molar-refractivity contribution in [2.24, 2.45) is 5.84 Å². The average molecular weight is 175 g/mol. The molecule has 0 saturated heterocycles. The molecule has 0 fully saturated rings. The number of hydrogen-bond acceptors (Lipinski definition) is 4. The standard InChI is InChI=1S/C5H10O2.C2H7N3/c1-5(2,3)7-4-6;1-2(3)5-4/h4H,1-3H3;4H2,1H3,(H2,3,5). The summed E-state index contributed by atoms with van der Waals surface area (Å²) in [6, 6.07) is 0. The van der Waals surface area contributed by atoms with Crippen LogP contribution in [0.2, 0.25) is 0 Å². The van der Waals surface area contributed by atoms with Crippen molar-refractivity contribution in [1.82, 2.24) is 5.43 Å². The van der Waals surface area contributed by atoms with Gasteiger partial charge < -0.3 is 10.2 Å². The minimum absolute atomic E-state index is 0.282. The molecule has 0 atom stereocenters. The molecule has 0 aliphatic heterocycles. The van der Waals surface area contributed by atoms with Crippen LogP contribution < -0.4 is 11.3 Å². The van der Waals surface area contributed by atoms with E-state index in [1.165, 1.54) is 0 Å². The number of carbonyl (C=O) groups is 1. The molecule has 0 radical (unpaired) electrons. The lowest BCUT2D eigenvalue weighted by atomic mass is 10.2. The highest BCUT2D eigenvalue weighted by Gasteiger charge is 2.07. The molecule has 0 aliphatic carbocycles. The zero-order chi connectivity index (χ0) is 10.2. The van der Waals surface area contributed by atoms with E-state index in [1.54, 1.807) is 6.92 Å². The summed E-state index contributed by atoms with van der Waals surface area (Å²) in [6.07, 6.45) is 0. The van der Waals surface area contributed by atoms with Gasteiger partial charge in [-0.1, -0.05) is 0 Å². The predicted octanol–water partition coefficient (Wildman–Crippen LogP) is 0.405. The third kappa shape index (κ3) is 23.1. The Balaban J connectivity index is 0. The number of ether oxygens (including phenoxy) is 1. The Hall–Kier alpha value is -1.10. The molecule has 5 heteroatoms. The van der Waals surface area contributed by atoms with E-state index in [4.69, 9.17) is 11.3 Å². The molecule has 0 aromatic heterocycles. The summed E-state index contributed by atoms with van der Waals surface area (Å²) in [7, 11) is 0. The van der Waals surface area contributed by atoms with Crippen molar-refractivity contribution in [2.75, 3.05) is 0 Å². The highest BCUT2D eigenvalue weighted by Crippen LogP contribution is 2.02. The molecule has 0 heterocycles. The minimum atomic E-state index is -0.318. The fourth-order valence-corrected chi connectivity index (χ4v) is 0.144. The second-order valence-electron chi connectivity index (χ2n) is 3.10. The van der Waals surface area contributed by atoms with Crippen LogP contribution in [-0.4, -0.2) is 17.9 Å². The molecule has 0 aromatic carbocycles. The third-order valence-electron chi connectivity index (χ3n) is 0.618. The van der Waals surface area contributed by atoms with Gasteiger partial charge in [0.05, 0.1) is 0 Å². The molecule has 4 N–H and O–H groups in total. The zero-order valence-electron chi connectivity index (χ0n) is 7.97. The Morgan fingerprint density at radius 2 is 1.92 bits per heavy atom. The average Bonchev–Trinajstić information content (AvgIpc) is 1.86. The van der Waals surface area contributed by atoms with Gasteiger partial charge in [-0.3, -0.25) is 10.2 Å². The Labute approximate surface area is 72.8 Å². The summed E-state index contributed by atoms with van der Waals surface area (Å²) in [5.74, 6) is 4.98. The summed E-state index contributed by atoms with van der Waals surface area (Å²) in [5.41, 5.74) is 1.79. The molecule has 0 amide bonds. The van der Waals surface area contributed by atoms with Crippen LogP contribution in [0.25, 0.3) is 0 Å². The lowest BCUT2D eigenvalue weighted by molar-refractivity contribution is -0.138. The third-order valence-corrected chi connectivity index (χ3v) is 0.618. The smallest absolute Gasteiger partial charge is 0.293 e. The normalized spacial score (nSPS) is 9.08. The lowest BCUT2D eigenvalue weighted by Gasteiger charge is -2.14. The molecule has 0 aromatic rings. The van der Waals surface area contributed by atoms with E-state index in [-0.39, 0.29) is 11.4 Å². The Bertz CT molecular complexity index is 140. The summed E-state index contributed by atoms with van der Waals surface area (Å²) >= 11 is 0. The lowest BCUT2D eigenvalue weighted by Crippen LogP contribution is -2.26. The van der Waals surface area contributed by atoms with Gasteiger partial charge >= 0.3 is 0 Å². The van der Waals surface area contributed by atoms with Gasteiger partial charge in [-0.25, -0.2) is 5.84 Å². The molecule has 0 unspecified atom stereocenters. The molecule has 72 valence electrons. The SMILES string of the molecule is CC(=N)NN.CC(C)(C)OC=O. The number of carbonyl (C=O) groups excluding carboxylic acids is 1. The maximum Gasteiger partial charge on any atom is 0.293 e. The molecule has 0 saturated carbocycles. The number of rotatable bonds is 1. The largest absolute Gasteiger partial charge is 0.462 e. The van der Waals surface area contributed by atoms with Gasteiger partial charge in [-0.05, 0) is 27.7 Å². The maximum atomic E-state index is 9.60. The molecular formula is C7H17N3O2. The number of amidine groups is 1. The molecule has 0 spiro atoms. The van der Waals surface area contributed by atoms with Crippen LogP contribution in [0.1, 0.15) is 27.7 Å². The van der Waals surface area contributed by atoms with Gasteiger partial charge in [0.25, 0.3) is 6.47 Å². The predicted molar refractivity (Wildman–Crippen MR) is 47.6 cm³/mol. The fourth-order valence-electron chi connectivity index (χ4n) is 0.144. The molecular weight excluding hydrogens is 158 g/mol. The van der Waals surface area contributed by atoms with E-state index >= 15 is 0 Å². The molecule has 5 nitrogen and oxygen atoms in total. The Morgan fingerprint density at radius 3 is 1.92 bits per heavy atom. The first-order valence-corrected chi connectivity index (χ1v) is 3.46. The summed E-state index contributed by atoms with van der Waals surface area (Å²) in [5, 5.41) is 6.51. The van der Waals surface area contributed by atoms with Crippen molar-refractivity contribution in [3.8, 4) is 0 Å². The Kier molecular flexibility index (Phi) is 7.42. The number of nitrogens with two attached hydrogens (primary N) is 1. The fraction of sp³-hybridized carbons (Fsp3) is 0.714. The van der Waals surface area contributed by atoms with Crippen molar-refractivity contribution in [2.45, 2.75) is 33.3 Å². The first kappa shape index (κ1) is 13.5. The van der Waals surface area contributed by atoms with Crippen LogP contribution in [0, 0.1) is 5.41 Å². The summed E-state index contributed by atoms with van der Waals surface area (Å²) in [4.78, 5) is 9.60. The second kappa shape index (κ2) is 6.60. The van der Waals surface area contributed by atoms with Gasteiger partial charge in [0.1, 0.15) is 11.4 Å². The van der Waals surface area contributed by atoms with E-state index in [2.05, 4.69) is 10.2 Å². The molecule has 12 heavy (non-hydrogen) atoms. The van der Waals surface area contributed by atoms with Gasteiger partial charge in [0.2, 0.25) is 0 Å². The van der Waals surface area contributed by atoms with Crippen LogP contribution in [0.15, 0.2) is 0 Å². The highest BCUT2D eigenvalue weighted by molar-refractivity contribution is 5.75. The number of hydrogen-bond donors (Lipinski definition) is 3. The number of hydrazine groups is 1. The van der Waals surface area contributed by atoms with Gasteiger partial charge in [-0.2, -0.15) is 0 Å². The van der Waals surface area contributed by atoms with Crippen LogP contribution in [0.5, 0.6) is 0 Å². The van der Waals surface area contributed by atoms with E-state index in [0.29, 0.717) is 6.47 Å². The first-order chi connectivity index (χ1) is 5.33. The van der Waals surface area contributed by atoms with Crippen LogP contribution in [-0.2, 0) is 9.53 Å². The van der Waals surface area contributed by atoms with Crippen LogP contribution >= 0.6 is 0 Å².